The third kappa shape index (κ3) is 3.58. The number of nitrogens with zero attached hydrogens (tertiary/aromatic N) is 2. The van der Waals surface area contributed by atoms with Crippen molar-refractivity contribution in [2.24, 2.45) is 7.05 Å². The molecule has 1 atom stereocenters. The Kier molecular flexibility index (Phi) is 5.19. The van der Waals surface area contributed by atoms with E-state index in [2.05, 4.69) is 5.32 Å². The van der Waals surface area contributed by atoms with Crippen LogP contribution in [0.1, 0.15) is 30.1 Å². The lowest BCUT2D eigenvalue weighted by atomic mass is 10.1. The van der Waals surface area contributed by atoms with Gasteiger partial charge >= 0.3 is 11.8 Å². The Morgan fingerprint density at radius 1 is 1.24 bits per heavy atom. The second-order valence-electron chi connectivity index (χ2n) is 6.24. The van der Waals surface area contributed by atoms with Crippen molar-refractivity contribution >= 4 is 17.5 Å². The maximum Gasteiger partial charge on any atom is 0.313 e. The number of methoxy groups -OCH3 is 1. The standard InChI is InChI=1S/C19H23N3O3/c1-21-11-5-9-16(21)17-10-6-12-22(17)19(24)18(23)20-15-8-4-3-7-14(15)13-25-2/h3-5,7-9,11,17H,6,10,12-13H2,1-2H3,(H,20,23)/t17-/m1/s1. The van der Waals surface area contributed by atoms with Crippen LogP contribution in [0.25, 0.3) is 0 Å². The monoisotopic (exact) mass is 341 g/mol. The smallest absolute Gasteiger partial charge is 0.313 e. The fraction of sp³-hybridized carbons (Fsp3) is 0.368. The average Bonchev–Trinajstić information content (AvgIpc) is 3.24. The van der Waals surface area contributed by atoms with Crippen LogP contribution in [-0.4, -0.2) is 34.9 Å². The van der Waals surface area contributed by atoms with E-state index in [1.165, 1.54) is 0 Å². The number of para-hydroxylation sites is 1. The molecular weight excluding hydrogens is 318 g/mol. The molecule has 1 fully saturated rings. The van der Waals surface area contributed by atoms with Crippen molar-refractivity contribution in [2.45, 2.75) is 25.5 Å². The number of aryl methyl sites for hydroxylation is 1. The lowest BCUT2D eigenvalue weighted by Crippen LogP contribution is -2.39. The van der Waals surface area contributed by atoms with Gasteiger partial charge in [0.1, 0.15) is 0 Å². The van der Waals surface area contributed by atoms with Crippen LogP contribution < -0.4 is 5.32 Å². The van der Waals surface area contributed by atoms with Crippen LogP contribution in [0, 0.1) is 0 Å². The van der Waals surface area contributed by atoms with Crippen LogP contribution in [0.2, 0.25) is 0 Å². The van der Waals surface area contributed by atoms with Crippen LogP contribution in [0.4, 0.5) is 5.69 Å². The summed E-state index contributed by atoms with van der Waals surface area (Å²) in [6.07, 6.45) is 3.73. The van der Waals surface area contributed by atoms with E-state index >= 15 is 0 Å². The number of likely N-dealkylation sites (tertiary alicyclic amines) is 1. The summed E-state index contributed by atoms with van der Waals surface area (Å²) >= 11 is 0. The van der Waals surface area contributed by atoms with Crippen LogP contribution in [-0.2, 0) is 28.0 Å². The summed E-state index contributed by atoms with van der Waals surface area (Å²) in [4.78, 5) is 26.9. The number of aromatic nitrogens is 1. The van der Waals surface area contributed by atoms with Crippen LogP contribution in [0.3, 0.4) is 0 Å². The van der Waals surface area contributed by atoms with Gasteiger partial charge in [0.25, 0.3) is 0 Å². The van der Waals surface area contributed by atoms with Gasteiger partial charge in [-0.3, -0.25) is 9.59 Å². The number of carbonyl (C=O) groups excluding carboxylic acids is 2. The van der Waals surface area contributed by atoms with Crippen LogP contribution >= 0.6 is 0 Å². The minimum Gasteiger partial charge on any atom is -0.380 e. The lowest BCUT2D eigenvalue weighted by Gasteiger charge is -2.25. The maximum atomic E-state index is 12.7. The zero-order valence-electron chi connectivity index (χ0n) is 14.6. The number of amides is 2. The van der Waals surface area contributed by atoms with E-state index in [4.69, 9.17) is 4.74 Å². The van der Waals surface area contributed by atoms with E-state index in [0.29, 0.717) is 18.8 Å². The third-order valence-electron chi connectivity index (χ3n) is 4.60. The summed E-state index contributed by atoms with van der Waals surface area (Å²) in [5.41, 5.74) is 2.50. The molecule has 0 saturated carbocycles. The Morgan fingerprint density at radius 3 is 2.76 bits per heavy atom. The molecule has 1 saturated heterocycles. The number of ether oxygens (including phenoxy) is 1. The van der Waals surface area contributed by atoms with Crippen LogP contribution in [0.5, 0.6) is 0 Å². The number of hydrogen-bond acceptors (Lipinski definition) is 3. The summed E-state index contributed by atoms with van der Waals surface area (Å²) < 4.78 is 7.14. The predicted molar refractivity (Wildman–Crippen MR) is 94.9 cm³/mol. The Hall–Kier alpha value is -2.60. The van der Waals surface area contributed by atoms with Gasteiger partial charge < -0.3 is 19.5 Å². The molecule has 1 aliphatic heterocycles. The highest BCUT2D eigenvalue weighted by molar-refractivity contribution is 6.39. The van der Waals surface area contributed by atoms with Crippen molar-refractivity contribution in [1.82, 2.24) is 9.47 Å². The van der Waals surface area contributed by atoms with Gasteiger partial charge in [0.05, 0.1) is 12.6 Å². The second kappa shape index (κ2) is 7.53. The van der Waals surface area contributed by atoms with Gasteiger partial charge in [-0.25, -0.2) is 0 Å². The van der Waals surface area contributed by atoms with Crippen molar-refractivity contribution in [3.8, 4) is 0 Å². The molecule has 0 bridgehead atoms. The number of rotatable bonds is 4. The van der Waals surface area contributed by atoms with E-state index in [1.807, 2.05) is 48.1 Å². The van der Waals surface area contributed by atoms with Gasteiger partial charge in [-0.2, -0.15) is 0 Å². The normalized spacial score (nSPS) is 16.9. The molecule has 1 aliphatic rings. The first-order chi connectivity index (χ1) is 12.1. The molecule has 0 spiro atoms. The first-order valence-corrected chi connectivity index (χ1v) is 8.42. The first kappa shape index (κ1) is 17.2. The molecule has 0 radical (unpaired) electrons. The lowest BCUT2D eigenvalue weighted by molar-refractivity contribution is -0.143. The summed E-state index contributed by atoms with van der Waals surface area (Å²) in [6.45, 7) is 0.974. The van der Waals surface area contributed by atoms with Gasteiger partial charge in [0.15, 0.2) is 0 Å². The quantitative estimate of drug-likeness (QED) is 0.869. The van der Waals surface area contributed by atoms with E-state index < -0.39 is 11.8 Å². The molecule has 0 aliphatic carbocycles. The molecule has 1 aromatic heterocycles. The number of hydrogen-bond donors (Lipinski definition) is 1. The molecule has 3 rings (SSSR count). The zero-order valence-corrected chi connectivity index (χ0v) is 14.6. The summed E-state index contributed by atoms with van der Waals surface area (Å²) in [7, 11) is 3.55. The fourth-order valence-electron chi connectivity index (χ4n) is 3.37. The Morgan fingerprint density at radius 2 is 2.04 bits per heavy atom. The molecule has 6 nitrogen and oxygen atoms in total. The molecule has 1 aromatic carbocycles. The van der Waals surface area contributed by atoms with Gasteiger partial charge in [0.2, 0.25) is 0 Å². The maximum absolute atomic E-state index is 12.7. The Balaban J connectivity index is 1.74. The molecule has 6 heteroatoms. The van der Waals surface area contributed by atoms with Crippen molar-refractivity contribution in [2.75, 3.05) is 19.0 Å². The van der Waals surface area contributed by atoms with Crippen molar-refractivity contribution in [1.29, 1.82) is 0 Å². The first-order valence-electron chi connectivity index (χ1n) is 8.42. The average molecular weight is 341 g/mol. The molecule has 1 N–H and O–H groups in total. The van der Waals surface area contributed by atoms with E-state index in [9.17, 15) is 9.59 Å². The molecule has 0 unspecified atom stereocenters. The molecule has 2 amide bonds. The Bertz CT molecular complexity index is 769. The molecule has 2 aromatic rings. The molecule has 2 heterocycles. The van der Waals surface area contributed by atoms with E-state index in [-0.39, 0.29) is 6.04 Å². The molecule has 25 heavy (non-hydrogen) atoms. The number of nitrogens with one attached hydrogen (secondary N) is 1. The highest BCUT2D eigenvalue weighted by Crippen LogP contribution is 2.32. The minimum atomic E-state index is -0.607. The summed E-state index contributed by atoms with van der Waals surface area (Å²) in [5, 5.41) is 2.74. The Labute approximate surface area is 147 Å². The number of anilines is 1. The highest BCUT2D eigenvalue weighted by Gasteiger charge is 2.34. The molecular formula is C19H23N3O3. The SMILES string of the molecule is COCc1ccccc1NC(=O)C(=O)N1CCC[C@@H]1c1cccn1C. The predicted octanol–water partition coefficient (Wildman–Crippen LogP) is 2.47. The van der Waals surface area contributed by atoms with Crippen LogP contribution in [0.15, 0.2) is 42.6 Å². The summed E-state index contributed by atoms with van der Waals surface area (Å²) in [6, 6.07) is 11.2. The van der Waals surface area contributed by atoms with Gasteiger partial charge in [-0.15, -0.1) is 0 Å². The third-order valence-corrected chi connectivity index (χ3v) is 4.60. The van der Waals surface area contributed by atoms with Gasteiger partial charge in [-0.1, -0.05) is 18.2 Å². The van der Waals surface area contributed by atoms with Crippen molar-refractivity contribution in [3.63, 3.8) is 0 Å². The van der Waals surface area contributed by atoms with Gasteiger partial charge in [0, 0.05) is 43.8 Å². The molecule has 132 valence electrons. The largest absolute Gasteiger partial charge is 0.380 e. The van der Waals surface area contributed by atoms with E-state index in [0.717, 1.165) is 24.1 Å². The van der Waals surface area contributed by atoms with Crippen molar-refractivity contribution in [3.05, 3.63) is 53.9 Å². The second-order valence-corrected chi connectivity index (χ2v) is 6.24. The van der Waals surface area contributed by atoms with E-state index in [1.54, 1.807) is 18.1 Å². The number of carbonyl (C=O) groups is 2. The van der Waals surface area contributed by atoms with Crippen molar-refractivity contribution < 1.29 is 14.3 Å². The minimum absolute atomic E-state index is 0.0486. The fourth-order valence-corrected chi connectivity index (χ4v) is 3.37. The summed E-state index contributed by atoms with van der Waals surface area (Å²) in [5.74, 6) is -1.10. The zero-order chi connectivity index (χ0) is 17.8. The topological polar surface area (TPSA) is 63.6 Å². The highest BCUT2D eigenvalue weighted by atomic mass is 16.5. The number of benzene rings is 1. The van der Waals surface area contributed by atoms with Gasteiger partial charge in [-0.05, 0) is 31.0 Å².